The molecule has 0 spiro atoms. The molecular formula is C19H19N5O2S. The molecule has 0 saturated carbocycles. The van der Waals surface area contributed by atoms with Crippen molar-refractivity contribution in [3.05, 3.63) is 57.0 Å². The molecule has 8 heteroatoms. The van der Waals surface area contributed by atoms with Gasteiger partial charge in [-0.05, 0) is 49.4 Å². The molecule has 2 aromatic heterocycles. The van der Waals surface area contributed by atoms with Crippen LogP contribution in [0.5, 0.6) is 0 Å². The second-order valence-corrected chi connectivity index (χ2v) is 7.50. The number of esters is 1. The quantitative estimate of drug-likeness (QED) is 0.653. The van der Waals surface area contributed by atoms with Gasteiger partial charge in [0.2, 0.25) is 11.9 Å². The van der Waals surface area contributed by atoms with E-state index in [0.29, 0.717) is 16.6 Å². The number of nitrogens with zero attached hydrogens (tertiary/aromatic N) is 3. The number of anilines is 3. The topological polar surface area (TPSA) is 103 Å². The van der Waals surface area contributed by atoms with Crippen molar-refractivity contribution in [2.75, 3.05) is 11.1 Å². The molecule has 0 unspecified atom stereocenters. The summed E-state index contributed by atoms with van der Waals surface area (Å²) in [7, 11) is 0. The van der Waals surface area contributed by atoms with Crippen LogP contribution < -0.4 is 11.1 Å². The van der Waals surface area contributed by atoms with E-state index in [-0.39, 0.29) is 18.5 Å². The van der Waals surface area contributed by atoms with E-state index in [1.807, 2.05) is 37.3 Å². The summed E-state index contributed by atoms with van der Waals surface area (Å²) in [5.74, 6) is 0.331. The predicted octanol–water partition coefficient (Wildman–Crippen LogP) is 3.41. The van der Waals surface area contributed by atoms with Crippen molar-refractivity contribution in [3.8, 4) is 0 Å². The van der Waals surface area contributed by atoms with Crippen LogP contribution in [0.4, 0.5) is 17.6 Å². The number of fused-ring (bicyclic) bond motifs is 1. The summed E-state index contributed by atoms with van der Waals surface area (Å²) < 4.78 is 5.37. The Morgan fingerprint density at radius 3 is 2.93 bits per heavy atom. The number of nitrogens with two attached hydrogens (primary N) is 1. The second-order valence-electron chi connectivity index (χ2n) is 6.36. The van der Waals surface area contributed by atoms with Gasteiger partial charge in [0, 0.05) is 10.6 Å². The molecule has 0 amide bonds. The van der Waals surface area contributed by atoms with Gasteiger partial charge >= 0.3 is 5.97 Å². The van der Waals surface area contributed by atoms with Crippen LogP contribution in [0, 0.1) is 6.92 Å². The highest BCUT2D eigenvalue weighted by atomic mass is 32.1. The molecule has 0 radical (unpaired) electrons. The van der Waals surface area contributed by atoms with Crippen molar-refractivity contribution in [2.45, 2.75) is 32.8 Å². The van der Waals surface area contributed by atoms with Crippen LogP contribution in [-0.2, 0) is 24.2 Å². The fourth-order valence-corrected chi connectivity index (χ4v) is 4.17. The first-order chi connectivity index (χ1) is 13.1. The summed E-state index contributed by atoms with van der Waals surface area (Å²) in [5, 5.41) is 3.12. The zero-order chi connectivity index (χ0) is 18.8. The molecule has 2 heterocycles. The zero-order valence-electron chi connectivity index (χ0n) is 14.9. The van der Waals surface area contributed by atoms with Crippen LogP contribution in [0.25, 0.3) is 0 Å². The predicted molar refractivity (Wildman–Crippen MR) is 104 cm³/mol. The van der Waals surface area contributed by atoms with E-state index in [1.165, 1.54) is 21.8 Å². The first-order valence-corrected chi connectivity index (χ1v) is 9.52. The minimum Gasteiger partial charge on any atom is -0.453 e. The molecular weight excluding hydrogens is 362 g/mol. The summed E-state index contributed by atoms with van der Waals surface area (Å²) in [6.45, 7) is 1.92. The molecule has 3 N–H and O–H groups in total. The van der Waals surface area contributed by atoms with Gasteiger partial charge in [-0.3, -0.25) is 0 Å². The average molecular weight is 381 g/mol. The zero-order valence-corrected chi connectivity index (χ0v) is 15.7. The number of hydrogen-bond acceptors (Lipinski definition) is 8. The number of hydrogen-bond donors (Lipinski definition) is 2. The van der Waals surface area contributed by atoms with Gasteiger partial charge in [-0.15, -0.1) is 11.3 Å². The third kappa shape index (κ3) is 3.90. The molecule has 4 rings (SSSR count). The van der Waals surface area contributed by atoms with Gasteiger partial charge in [0.25, 0.3) is 0 Å². The fourth-order valence-electron chi connectivity index (χ4n) is 3.02. The third-order valence-electron chi connectivity index (χ3n) is 4.37. The summed E-state index contributed by atoms with van der Waals surface area (Å²) in [6.07, 6.45) is 3.25. The SMILES string of the molecule is Cc1ccccc1Nc1nc(N)nc(COC(=O)c2cc3c(s2)CCC3)n1. The minimum atomic E-state index is -0.359. The van der Waals surface area contributed by atoms with E-state index >= 15 is 0 Å². The van der Waals surface area contributed by atoms with Gasteiger partial charge in [0.1, 0.15) is 4.88 Å². The molecule has 0 fully saturated rings. The number of rotatable bonds is 5. The van der Waals surface area contributed by atoms with Gasteiger partial charge in [0.15, 0.2) is 12.4 Å². The molecule has 138 valence electrons. The van der Waals surface area contributed by atoms with Crippen LogP contribution in [0.1, 0.15) is 37.9 Å². The number of aromatic nitrogens is 3. The summed E-state index contributed by atoms with van der Waals surface area (Å²) in [5.41, 5.74) is 8.97. The molecule has 0 bridgehead atoms. The van der Waals surface area contributed by atoms with Gasteiger partial charge in [-0.1, -0.05) is 18.2 Å². The number of benzene rings is 1. The van der Waals surface area contributed by atoms with Gasteiger partial charge in [-0.2, -0.15) is 15.0 Å². The Morgan fingerprint density at radius 2 is 2.11 bits per heavy atom. The Balaban J connectivity index is 1.45. The number of aryl methyl sites for hydroxylation is 3. The van der Waals surface area contributed by atoms with Crippen molar-refractivity contribution in [1.82, 2.24) is 15.0 Å². The summed E-state index contributed by atoms with van der Waals surface area (Å²) in [6, 6.07) is 9.70. The largest absolute Gasteiger partial charge is 0.453 e. The van der Waals surface area contributed by atoms with Gasteiger partial charge in [-0.25, -0.2) is 4.79 Å². The second kappa shape index (κ2) is 7.32. The normalized spacial score (nSPS) is 12.6. The minimum absolute atomic E-state index is 0.0590. The Bertz CT molecular complexity index is 980. The van der Waals surface area contributed by atoms with Crippen LogP contribution in [0.15, 0.2) is 30.3 Å². The molecule has 0 aliphatic heterocycles. The molecule has 3 aromatic rings. The fraction of sp³-hybridized carbons (Fsp3) is 0.263. The highest BCUT2D eigenvalue weighted by Crippen LogP contribution is 2.31. The average Bonchev–Trinajstić information content (AvgIpc) is 3.23. The maximum atomic E-state index is 12.3. The van der Waals surface area contributed by atoms with Crippen LogP contribution in [-0.4, -0.2) is 20.9 Å². The van der Waals surface area contributed by atoms with E-state index in [9.17, 15) is 4.79 Å². The number of ether oxygens (including phenoxy) is 1. The summed E-state index contributed by atoms with van der Waals surface area (Å²) >= 11 is 1.51. The van der Waals surface area contributed by atoms with Crippen LogP contribution in [0.3, 0.4) is 0 Å². The lowest BCUT2D eigenvalue weighted by Gasteiger charge is -2.09. The van der Waals surface area contributed by atoms with E-state index in [1.54, 1.807) is 0 Å². The molecule has 27 heavy (non-hydrogen) atoms. The van der Waals surface area contributed by atoms with Gasteiger partial charge < -0.3 is 15.8 Å². The molecule has 1 aromatic carbocycles. The van der Waals surface area contributed by atoms with E-state index < -0.39 is 0 Å². The number of thiophene rings is 1. The lowest BCUT2D eigenvalue weighted by atomic mass is 10.2. The van der Waals surface area contributed by atoms with Crippen molar-refractivity contribution in [3.63, 3.8) is 0 Å². The molecule has 0 saturated heterocycles. The Labute approximate surface area is 160 Å². The third-order valence-corrected chi connectivity index (χ3v) is 5.59. The van der Waals surface area contributed by atoms with Crippen molar-refractivity contribution in [2.24, 2.45) is 0 Å². The molecule has 1 aliphatic carbocycles. The molecule has 0 atom stereocenters. The first-order valence-electron chi connectivity index (χ1n) is 8.70. The van der Waals surface area contributed by atoms with E-state index in [2.05, 4.69) is 20.3 Å². The number of nitrogens with one attached hydrogen (secondary N) is 1. The lowest BCUT2D eigenvalue weighted by Crippen LogP contribution is -2.11. The monoisotopic (exact) mass is 381 g/mol. The Kier molecular flexibility index (Phi) is 4.72. The van der Waals surface area contributed by atoms with E-state index in [0.717, 1.165) is 30.5 Å². The highest BCUT2D eigenvalue weighted by molar-refractivity contribution is 7.14. The van der Waals surface area contributed by atoms with E-state index in [4.69, 9.17) is 10.5 Å². The lowest BCUT2D eigenvalue weighted by molar-refractivity contribution is 0.0468. The Hall–Kier alpha value is -3.00. The smallest absolute Gasteiger partial charge is 0.348 e. The van der Waals surface area contributed by atoms with Crippen LogP contribution in [0.2, 0.25) is 0 Å². The van der Waals surface area contributed by atoms with Gasteiger partial charge in [0.05, 0.1) is 0 Å². The van der Waals surface area contributed by atoms with Crippen LogP contribution >= 0.6 is 11.3 Å². The number of carbonyl (C=O) groups excluding carboxylic acids is 1. The number of para-hydroxylation sites is 1. The van der Waals surface area contributed by atoms with Crippen molar-refractivity contribution < 1.29 is 9.53 Å². The molecule has 1 aliphatic rings. The maximum Gasteiger partial charge on any atom is 0.348 e. The number of nitrogen functional groups attached to an aromatic ring is 1. The highest BCUT2D eigenvalue weighted by Gasteiger charge is 2.19. The first kappa shape index (κ1) is 17.4. The van der Waals surface area contributed by atoms with Crippen molar-refractivity contribution >= 4 is 34.9 Å². The maximum absolute atomic E-state index is 12.3. The number of carbonyl (C=O) groups is 1. The van der Waals surface area contributed by atoms with Crippen molar-refractivity contribution in [1.29, 1.82) is 0 Å². The molecule has 7 nitrogen and oxygen atoms in total. The summed E-state index contributed by atoms with van der Waals surface area (Å²) in [4.78, 5) is 26.7. The standard InChI is InChI=1S/C19H19N5O2S/c1-11-5-2-3-7-13(11)21-19-23-16(22-18(20)24-19)10-26-17(25)15-9-12-6-4-8-14(12)27-15/h2-3,5,7,9H,4,6,8,10H2,1H3,(H3,20,21,22,23,24). The Morgan fingerprint density at radius 1 is 1.26 bits per heavy atom.